The van der Waals surface area contributed by atoms with E-state index < -0.39 is 6.04 Å². The molecule has 5 heteroatoms. The summed E-state index contributed by atoms with van der Waals surface area (Å²) in [7, 11) is 0. The number of rotatable bonds is 4. The largest absolute Gasteiger partial charge is 0.298 e. The van der Waals surface area contributed by atoms with Gasteiger partial charge in [-0.3, -0.25) is 19.8 Å². The summed E-state index contributed by atoms with van der Waals surface area (Å²) in [5.41, 5.74) is 0. The van der Waals surface area contributed by atoms with Crippen LogP contribution in [0.5, 0.6) is 0 Å². The molecule has 16 heavy (non-hydrogen) atoms. The van der Waals surface area contributed by atoms with Crippen molar-refractivity contribution in [1.82, 2.24) is 10.2 Å². The molecule has 0 aromatic carbocycles. The van der Waals surface area contributed by atoms with E-state index in [0.717, 1.165) is 19.3 Å². The highest BCUT2D eigenvalue weighted by Gasteiger charge is 2.58. The van der Waals surface area contributed by atoms with Crippen LogP contribution in [0.1, 0.15) is 19.3 Å². The Morgan fingerprint density at radius 3 is 2.50 bits per heavy atom. The molecule has 1 N–H and O–H groups in total. The third-order valence-electron chi connectivity index (χ3n) is 3.49. The van der Waals surface area contributed by atoms with E-state index in [2.05, 4.69) is 11.4 Å². The Balaban J connectivity index is 1.62. The molecule has 5 nitrogen and oxygen atoms in total. The summed E-state index contributed by atoms with van der Waals surface area (Å²) >= 11 is 0. The Hall–Kier alpha value is -1.41. The van der Waals surface area contributed by atoms with Crippen molar-refractivity contribution in [3.05, 3.63) is 0 Å². The maximum Gasteiger partial charge on any atom is 0.233 e. The van der Waals surface area contributed by atoms with Crippen LogP contribution in [-0.2, 0) is 9.59 Å². The summed E-state index contributed by atoms with van der Waals surface area (Å²) in [5.74, 6) is -0.277. The van der Waals surface area contributed by atoms with Crippen LogP contribution in [0.4, 0.5) is 0 Å². The number of nitriles is 1. The molecule has 3 fully saturated rings. The van der Waals surface area contributed by atoms with Crippen LogP contribution in [0.25, 0.3) is 0 Å². The van der Waals surface area contributed by atoms with Gasteiger partial charge in [0, 0.05) is 6.04 Å². The SMILES string of the molecule is N#CC(CN1C(=O)C2CC2C1=O)NC1CC1. The van der Waals surface area contributed by atoms with Crippen LogP contribution >= 0.6 is 0 Å². The van der Waals surface area contributed by atoms with Gasteiger partial charge in [-0.05, 0) is 19.3 Å². The normalized spacial score (nSPS) is 33.6. The molecule has 0 spiro atoms. The zero-order chi connectivity index (χ0) is 11.3. The van der Waals surface area contributed by atoms with Crippen molar-refractivity contribution >= 4 is 11.8 Å². The monoisotopic (exact) mass is 219 g/mol. The summed E-state index contributed by atoms with van der Waals surface area (Å²) < 4.78 is 0. The van der Waals surface area contributed by atoms with E-state index in [1.165, 1.54) is 4.90 Å². The Bertz CT molecular complexity index is 377. The van der Waals surface area contributed by atoms with Crippen molar-refractivity contribution in [2.75, 3.05) is 6.54 Å². The maximum atomic E-state index is 11.7. The lowest BCUT2D eigenvalue weighted by Gasteiger charge is -2.20. The van der Waals surface area contributed by atoms with Gasteiger partial charge in [0.05, 0.1) is 24.4 Å². The highest BCUT2D eigenvalue weighted by atomic mass is 16.2. The van der Waals surface area contributed by atoms with Gasteiger partial charge in [0.2, 0.25) is 11.8 Å². The molecule has 0 radical (unpaired) electrons. The van der Waals surface area contributed by atoms with Crippen LogP contribution < -0.4 is 5.32 Å². The minimum absolute atomic E-state index is 0.0623. The van der Waals surface area contributed by atoms with E-state index in [0.29, 0.717) is 6.04 Å². The average molecular weight is 219 g/mol. The van der Waals surface area contributed by atoms with E-state index in [-0.39, 0.29) is 30.2 Å². The fourth-order valence-corrected chi connectivity index (χ4v) is 2.28. The number of carbonyl (C=O) groups excluding carboxylic acids is 2. The van der Waals surface area contributed by atoms with Crippen molar-refractivity contribution in [2.24, 2.45) is 11.8 Å². The van der Waals surface area contributed by atoms with Crippen LogP contribution in [0.3, 0.4) is 0 Å². The molecule has 3 aliphatic rings. The Labute approximate surface area is 93.4 Å². The number of amides is 2. The number of likely N-dealkylation sites (tertiary alicyclic amines) is 1. The number of nitrogens with zero attached hydrogens (tertiary/aromatic N) is 2. The first kappa shape index (κ1) is 9.79. The highest BCUT2D eigenvalue weighted by molar-refractivity contribution is 6.08. The van der Waals surface area contributed by atoms with Gasteiger partial charge in [0.25, 0.3) is 0 Å². The van der Waals surface area contributed by atoms with Crippen molar-refractivity contribution in [1.29, 1.82) is 5.26 Å². The summed E-state index contributed by atoms with van der Waals surface area (Å²) in [6.07, 6.45) is 2.90. The molecule has 2 aliphatic carbocycles. The molecular formula is C11H13N3O2. The molecule has 3 rings (SSSR count). The van der Waals surface area contributed by atoms with Crippen LogP contribution in [0.2, 0.25) is 0 Å². The lowest BCUT2D eigenvalue weighted by atomic mass is 10.2. The summed E-state index contributed by atoms with van der Waals surface area (Å²) in [4.78, 5) is 24.6. The fourth-order valence-electron chi connectivity index (χ4n) is 2.28. The Kier molecular flexibility index (Phi) is 2.01. The second kappa shape index (κ2) is 3.29. The number of nitrogens with one attached hydrogen (secondary N) is 1. The van der Waals surface area contributed by atoms with E-state index >= 15 is 0 Å². The molecular weight excluding hydrogens is 206 g/mol. The highest BCUT2D eigenvalue weighted by Crippen LogP contribution is 2.46. The van der Waals surface area contributed by atoms with E-state index in [1.54, 1.807) is 0 Å². The molecule has 0 bridgehead atoms. The minimum atomic E-state index is -0.405. The number of piperidine rings is 1. The average Bonchev–Trinajstić information content (AvgIpc) is 3.13. The minimum Gasteiger partial charge on any atom is -0.298 e. The zero-order valence-electron chi connectivity index (χ0n) is 8.85. The summed E-state index contributed by atoms with van der Waals surface area (Å²) in [5, 5.41) is 12.1. The van der Waals surface area contributed by atoms with Gasteiger partial charge in [0.1, 0.15) is 6.04 Å². The molecule has 1 aliphatic heterocycles. The number of carbonyl (C=O) groups is 2. The molecule has 2 amide bonds. The van der Waals surface area contributed by atoms with Gasteiger partial charge in [0.15, 0.2) is 0 Å². The van der Waals surface area contributed by atoms with Gasteiger partial charge in [-0.2, -0.15) is 5.26 Å². The molecule has 84 valence electrons. The molecule has 2 saturated carbocycles. The molecule has 1 heterocycles. The maximum absolute atomic E-state index is 11.7. The third kappa shape index (κ3) is 1.50. The predicted molar refractivity (Wildman–Crippen MR) is 53.9 cm³/mol. The van der Waals surface area contributed by atoms with E-state index in [9.17, 15) is 9.59 Å². The van der Waals surface area contributed by atoms with E-state index in [4.69, 9.17) is 5.26 Å². The quantitative estimate of drug-likeness (QED) is 0.655. The second-order valence-electron chi connectivity index (χ2n) is 4.86. The summed E-state index contributed by atoms with van der Waals surface area (Å²) in [6.45, 7) is 0.220. The molecule has 3 atom stereocenters. The predicted octanol–water partition coefficient (Wildman–Crippen LogP) is -0.365. The van der Waals surface area contributed by atoms with Crippen LogP contribution in [0, 0.1) is 23.2 Å². The standard InChI is InChI=1S/C11H13N3O2/c12-4-7(13-6-1-2-6)5-14-10(15)8-3-9(8)11(14)16/h6-9,13H,1-3,5H2. The first-order valence-corrected chi connectivity index (χ1v) is 5.71. The third-order valence-corrected chi connectivity index (χ3v) is 3.49. The topological polar surface area (TPSA) is 73.2 Å². The number of fused-ring (bicyclic) bond motifs is 1. The first-order valence-electron chi connectivity index (χ1n) is 5.71. The number of imide groups is 1. The lowest BCUT2D eigenvalue weighted by molar-refractivity contribution is -0.141. The Morgan fingerprint density at radius 2 is 2.00 bits per heavy atom. The van der Waals surface area contributed by atoms with Crippen molar-refractivity contribution in [3.63, 3.8) is 0 Å². The fraction of sp³-hybridized carbons (Fsp3) is 0.727. The molecule has 3 unspecified atom stereocenters. The van der Waals surface area contributed by atoms with Gasteiger partial charge in [-0.1, -0.05) is 0 Å². The van der Waals surface area contributed by atoms with Gasteiger partial charge >= 0.3 is 0 Å². The Morgan fingerprint density at radius 1 is 1.38 bits per heavy atom. The summed E-state index contributed by atoms with van der Waals surface area (Å²) in [6, 6.07) is 2.12. The van der Waals surface area contributed by atoms with Gasteiger partial charge < -0.3 is 0 Å². The molecule has 1 saturated heterocycles. The second-order valence-corrected chi connectivity index (χ2v) is 4.86. The van der Waals surface area contributed by atoms with Crippen molar-refractivity contribution < 1.29 is 9.59 Å². The van der Waals surface area contributed by atoms with Crippen molar-refractivity contribution in [3.8, 4) is 6.07 Å². The zero-order valence-corrected chi connectivity index (χ0v) is 8.85. The smallest absolute Gasteiger partial charge is 0.233 e. The van der Waals surface area contributed by atoms with Gasteiger partial charge in [-0.15, -0.1) is 0 Å². The van der Waals surface area contributed by atoms with Gasteiger partial charge in [-0.25, -0.2) is 0 Å². The molecule has 0 aromatic heterocycles. The number of hydrogen-bond acceptors (Lipinski definition) is 4. The first-order chi connectivity index (χ1) is 7.70. The number of hydrogen-bond donors (Lipinski definition) is 1. The van der Waals surface area contributed by atoms with Crippen LogP contribution in [0.15, 0.2) is 0 Å². The van der Waals surface area contributed by atoms with E-state index in [1.807, 2.05) is 0 Å². The lowest BCUT2D eigenvalue weighted by Crippen LogP contribution is -2.44. The van der Waals surface area contributed by atoms with Crippen molar-refractivity contribution in [2.45, 2.75) is 31.3 Å². The molecule has 0 aromatic rings. The van der Waals surface area contributed by atoms with Crippen LogP contribution in [-0.4, -0.2) is 35.3 Å².